The molecule has 0 aliphatic heterocycles. The predicted octanol–water partition coefficient (Wildman–Crippen LogP) is 8.52. The Morgan fingerprint density at radius 1 is 0.814 bits per heavy atom. The third-order valence-electron chi connectivity index (χ3n) is 7.16. The molecule has 7 nitrogen and oxygen atoms in total. The molecule has 0 aliphatic carbocycles. The number of benzene rings is 4. The molecule has 0 saturated heterocycles. The molecule has 0 saturated carbocycles. The van der Waals surface area contributed by atoms with Crippen LogP contribution in [0.2, 0.25) is 15.1 Å². The lowest BCUT2D eigenvalue weighted by molar-refractivity contribution is 0.117. The number of anilines is 2. The van der Waals surface area contributed by atoms with Crippen LogP contribution >= 0.6 is 34.8 Å². The fraction of sp³-hybridized carbons (Fsp3) is 0.0606. The molecule has 4 aromatic carbocycles. The molecule has 2 heterocycles. The van der Waals surface area contributed by atoms with Gasteiger partial charge in [-0.25, -0.2) is 14.8 Å². The topological polar surface area (TPSA) is 92.1 Å². The summed E-state index contributed by atoms with van der Waals surface area (Å²) in [4.78, 5) is 21.9. The van der Waals surface area contributed by atoms with E-state index in [9.17, 15) is 9.90 Å². The third kappa shape index (κ3) is 5.81. The SMILES string of the molecule is Cn1cncc1C(O)(c1ccc(Cl)cc1)c1ccc2nc(NC(=O)Nc3ccc(Cl)cc3)cc(-c3cccc(Cl)c3)c2c1. The second kappa shape index (κ2) is 11.7. The Morgan fingerprint density at radius 3 is 2.19 bits per heavy atom. The quantitative estimate of drug-likeness (QED) is 0.172. The van der Waals surface area contributed by atoms with Crippen molar-refractivity contribution < 1.29 is 9.90 Å². The first-order chi connectivity index (χ1) is 20.7. The van der Waals surface area contributed by atoms with Crippen molar-refractivity contribution in [3.63, 3.8) is 0 Å². The second-order valence-electron chi connectivity index (χ2n) is 9.99. The van der Waals surface area contributed by atoms with Crippen LogP contribution in [-0.4, -0.2) is 25.7 Å². The van der Waals surface area contributed by atoms with Crippen LogP contribution in [0.5, 0.6) is 0 Å². The maximum atomic E-state index is 12.9. The molecule has 6 rings (SSSR count). The summed E-state index contributed by atoms with van der Waals surface area (Å²) in [6.45, 7) is 0. The molecule has 0 radical (unpaired) electrons. The third-order valence-corrected chi connectivity index (χ3v) is 7.89. The standard InChI is InChI=1S/C33H24Cl3N5O2/c1-41-19-37-18-30(41)33(43,21-5-8-23(34)9-6-21)22-7-14-29-28(16-22)27(20-3-2-4-25(36)15-20)17-31(39-29)40-32(42)38-26-12-10-24(35)11-13-26/h2-19,43H,1H3,(H2,38,39,40,42). The molecule has 0 spiro atoms. The van der Waals surface area contributed by atoms with Crippen LogP contribution < -0.4 is 10.6 Å². The van der Waals surface area contributed by atoms with Gasteiger partial charge in [0.05, 0.1) is 23.7 Å². The summed E-state index contributed by atoms with van der Waals surface area (Å²) in [7, 11) is 1.83. The van der Waals surface area contributed by atoms with Crippen molar-refractivity contribution in [2.24, 2.45) is 7.05 Å². The molecular formula is C33H24Cl3N5O2. The van der Waals surface area contributed by atoms with Gasteiger partial charge < -0.3 is 15.0 Å². The summed E-state index contributed by atoms with van der Waals surface area (Å²) in [5.74, 6) is 0.335. The van der Waals surface area contributed by atoms with Crippen molar-refractivity contribution in [1.29, 1.82) is 0 Å². The number of aromatic nitrogens is 3. The lowest BCUT2D eigenvalue weighted by atomic mass is 9.82. The molecular weight excluding hydrogens is 605 g/mol. The first kappa shape index (κ1) is 28.7. The molecule has 1 unspecified atom stereocenters. The minimum absolute atomic E-state index is 0.335. The number of halogens is 3. The van der Waals surface area contributed by atoms with Gasteiger partial charge in [0.25, 0.3) is 0 Å². The molecule has 1 atom stereocenters. The van der Waals surface area contributed by atoms with Crippen LogP contribution in [0.15, 0.2) is 110 Å². The number of fused-ring (bicyclic) bond motifs is 1. The number of pyridine rings is 1. The summed E-state index contributed by atoms with van der Waals surface area (Å²) in [5.41, 5.74) is 2.99. The van der Waals surface area contributed by atoms with Crippen LogP contribution in [0.1, 0.15) is 16.8 Å². The van der Waals surface area contributed by atoms with E-state index in [1.807, 2.05) is 43.4 Å². The molecule has 0 bridgehead atoms. The van der Waals surface area contributed by atoms with Gasteiger partial charge in [0.1, 0.15) is 5.82 Å². The fourth-order valence-electron chi connectivity index (χ4n) is 5.08. The minimum Gasteiger partial charge on any atom is -0.374 e. The lowest BCUT2D eigenvalue weighted by Gasteiger charge is -2.30. The van der Waals surface area contributed by atoms with Gasteiger partial charge in [-0.3, -0.25) is 5.32 Å². The van der Waals surface area contributed by atoms with Crippen molar-refractivity contribution in [1.82, 2.24) is 14.5 Å². The highest BCUT2D eigenvalue weighted by atomic mass is 35.5. The van der Waals surface area contributed by atoms with Crippen LogP contribution in [-0.2, 0) is 12.6 Å². The van der Waals surface area contributed by atoms with Gasteiger partial charge in [0.2, 0.25) is 0 Å². The van der Waals surface area contributed by atoms with E-state index in [2.05, 4.69) is 15.6 Å². The molecule has 214 valence electrons. The maximum absolute atomic E-state index is 12.9. The van der Waals surface area contributed by atoms with E-state index in [4.69, 9.17) is 39.8 Å². The largest absolute Gasteiger partial charge is 0.374 e. The van der Waals surface area contributed by atoms with Crippen LogP contribution in [0.4, 0.5) is 16.3 Å². The first-order valence-corrected chi connectivity index (χ1v) is 14.3. The smallest absolute Gasteiger partial charge is 0.324 e. The van der Waals surface area contributed by atoms with Gasteiger partial charge in [0.15, 0.2) is 5.60 Å². The van der Waals surface area contributed by atoms with Gasteiger partial charge in [-0.05, 0) is 89.0 Å². The number of imidazole rings is 1. The monoisotopic (exact) mass is 627 g/mol. The van der Waals surface area contributed by atoms with Gasteiger partial charge in [-0.15, -0.1) is 0 Å². The van der Waals surface area contributed by atoms with E-state index < -0.39 is 11.6 Å². The molecule has 6 aromatic rings. The molecule has 2 amide bonds. The van der Waals surface area contributed by atoms with E-state index in [0.717, 1.165) is 16.5 Å². The van der Waals surface area contributed by atoms with Gasteiger partial charge in [-0.1, -0.05) is 65.1 Å². The van der Waals surface area contributed by atoms with Gasteiger partial charge in [-0.2, -0.15) is 0 Å². The average molecular weight is 629 g/mol. The molecule has 0 aliphatic rings. The molecule has 10 heteroatoms. The molecule has 2 aromatic heterocycles. The number of aliphatic hydroxyl groups is 1. The highest BCUT2D eigenvalue weighted by Gasteiger charge is 2.37. The number of rotatable bonds is 6. The highest BCUT2D eigenvalue weighted by Crippen LogP contribution is 2.40. The fourth-order valence-corrected chi connectivity index (χ4v) is 5.52. The summed E-state index contributed by atoms with van der Waals surface area (Å²) in [6, 6.07) is 28.1. The molecule has 0 fully saturated rings. The number of nitrogens with one attached hydrogen (secondary N) is 2. The summed E-state index contributed by atoms with van der Waals surface area (Å²) in [5, 5.41) is 20.5. The summed E-state index contributed by atoms with van der Waals surface area (Å²) >= 11 is 18.5. The van der Waals surface area contributed by atoms with Crippen molar-refractivity contribution in [2.45, 2.75) is 5.60 Å². The minimum atomic E-state index is -1.56. The van der Waals surface area contributed by atoms with E-state index in [0.29, 0.717) is 48.9 Å². The Bertz CT molecular complexity index is 1960. The second-order valence-corrected chi connectivity index (χ2v) is 11.3. The Hall–Kier alpha value is -4.40. The first-order valence-electron chi connectivity index (χ1n) is 13.2. The maximum Gasteiger partial charge on any atom is 0.324 e. The Kier molecular flexibility index (Phi) is 7.81. The van der Waals surface area contributed by atoms with Gasteiger partial charge in [0, 0.05) is 33.2 Å². The number of aryl methyl sites for hydroxylation is 1. The van der Waals surface area contributed by atoms with E-state index >= 15 is 0 Å². The number of amides is 2. The van der Waals surface area contributed by atoms with E-state index in [1.165, 1.54) is 0 Å². The van der Waals surface area contributed by atoms with E-state index in [1.54, 1.807) is 77.8 Å². The van der Waals surface area contributed by atoms with Crippen molar-refractivity contribution >= 4 is 63.2 Å². The average Bonchev–Trinajstić information content (AvgIpc) is 3.44. The number of carbonyl (C=O) groups excluding carboxylic acids is 1. The summed E-state index contributed by atoms with van der Waals surface area (Å²) < 4.78 is 1.78. The molecule has 43 heavy (non-hydrogen) atoms. The Labute approximate surface area is 262 Å². The van der Waals surface area contributed by atoms with Gasteiger partial charge >= 0.3 is 6.03 Å². The zero-order valence-corrected chi connectivity index (χ0v) is 25.0. The van der Waals surface area contributed by atoms with Crippen LogP contribution in [0.25, 0.3) is 22.0 Å². The molecule has 3 N–H and O–H groups in total. The van der Waals surface area contributed by atoms with Crippen LogP contribution in [0.3, 0.4) is 0 Å². The number of hydrogen-bond donors (Lipinski definition) is 3. The summed E-state index contributed by atoms with van der Waals surface area (Å²) in [6.07, 6.45) is 3.28. The number of nitrogens with zero attached hydrogens (tertiary/aromatic N) is 3. The van der Waals surface area contributed by atoms with Crippen molar-refractivity contribution in [3.05, 3.63) is 141 Å². The number of urea groups is 1. The number of carbonyl (C=O) groups is 1. The van der Waals surface area contributed by atoms with Crippen molar-refractivity contribution in [2.75, 3.05) is 10.6 Å². The number of hydrogen-bond acceptors (Lipinski definition) is 4. The Morgan fingerprint density at radius 2 is 1.51 bits per heavy atom. The Balaban J connectivity index is 1.49. The lowest BCUT2D eigenvalue weighted by Crippen LogP contribution is -2.31. The van der Waals surface area contributed by atoms with E-state index in [-0.39, 0.29) is 0 Å². The van der Waals surface area contributed by atoms with Crippen molar-refractivity contribution in [3.8, 4) is 11.1 Å². The highest BCUT2D eigenvalue weighted by molar-refractivity contribution is 6.31. The zero-order chi connectivity index (χ0) is 30.1. The van der Waals surface area contributed by atoms with Crippen LogP contribution in [0, 0.1) is 0 Å². The predicted molar refractivity (Wildman–Crippen MR) is 173 cm³/mol. The zero-order valence-electron chi connectivity index (χ0n) is 22.7. The normalized spacial score (nSPS) is 12.6.